The third-order valence-electron chi connectivity index (χ3n) is 5.04. The standard InChI is InChI=1S/C23H20F2N2O5S/c1-2-27(13-15-6-9-21-22(10-15)32-14-31-21)23(28)16-4-3-5-17(11-16)26-33(29,30)18-7-8-19(24)20(25)12-18/h3-12,26H,2,13-14H2,1H3. The summed E-state index contributed by atoms with van der Waals surface area (Å²) in [4.78, 5) is 14.2. The number of carbonyl (C=O) groups is 1. The molecule has 3 aromatic carbocycles. The summed E-state index contributed by atoms with van der Waals surface area (Å²) < 4.78 is 64.7. The van der Waals surface area contributed by atoms with Gasteiger partial charge in [-0.25, -0.2) is 17.2 Å². The molecule has 0 radical (unpaired) electrons. The highest BCUT2D eigenvalue weighted by Gasteiger charge is 2.20. The maximum Gasteiger partial charge on any atom is 0.261 e. The number of anilines is 1. The monoisotopic (exact) mass is 474 g/mol. The molecule has 3 aromatic rings. The summed E-state index contributed by atoms with van der Waals surface area (Å²) >= 11 is 0. The first-order valence-corrected chi connectivity index (χ1v) is 11.5. The first kappa shape index (κ1) is 22.5. The summed E-state index contributed by atoms with van der Waals surface area (Å²) in [6.07, 6.45) is 0. The van der Waals surface area contributed by atoms with Gasteiger partial charge in [0.25, 0.3) is 15.9 Å². The number of benzene rings is 3. The minimum absolute atomic E-state index is 0.115. The van der Waals surface area contributed by atoms with Crippen LogP contribution in [0.2, 0.25) is 0 Å². The summed E-state index contributed by atoms with van der Waals surface area (Å²) in [5.74, 6) is -1.46. The number of amides is 1. The number of rotatable bonds is 7. The quantitative estimate of drug-likeness (QED) is 0.556. The van der Waals surface area contributed by atoms with Gasteiger partial charge in [0.05, 0.1) is 4.90 Å². The molecule has 1 N–H and O–H groups in total. The summed E-state index contributed by atoms with van der Waals surface area (Å²) in [5.41, 5.74) is 1.23. The van der Waals surface area contributed by atoms with Gasteiger partial charge in [0.15, 0.2) is 23.1 Å². The fraction of sp³-hybridized carbons (Fsp3) is 0.174. The van der Waals surface area contributed by atoms with Crippen molar-refractivity contribution in [3.63, 3.8) is 0 Å². The zero-order valence-corrected chi connectivity index (χ0v) is 18.4. The third kappa shape index (κ3) is 4.90. The van der Waals surface area contributed by atoms with Gasteiger partial charge in [0.1, 0.15) is 0 Å². The molecule has 0 unspecified atom stereocenters. The van der Waals surface area contributed by atoms with Crippen LogP contribution < -0.4 is 14.2 Å². The van der Waals surface area contributed by atoms with Crippen LogP contribution in [0.3, 0.4) is 0 Å². The van der Waals surface area contributed by atoms with E-state index in [1.807, 2.05) is 19.1 Å². The van der Waals surface area contributed by atoms with Crippen LogP contribution in [0.4, 0.5) is 14.5 Å². The van der Waals surface area contributed by atoms with Crippen molar-refractivity contribution in [1.82, 2.24) is 4.90 Å². The van der Waals surface area contributed by atoms with Crippen LogP contribution >= 0.6 is 0 Å². The Morgan fingerprint density at radius 2 is 1.79 bits per heavy atom. The van der Waals surface area contributed by atoms with Gasteiger partial charge in [-0.15, -0.1) is 0 Å². The predicted octanol–water partition coefficient (Wildman–Crippen LogP) is 4.16. The first-order chi connectivity index (χ1) is 15.8. The van der Waals surface area contributed by atoms with E-state index in [0.29, 0.717) is 30.7 Å². The smallest absolute Gasteiger partial charge is 0.261 e. The van der Waals surface area contributed by atoms with E-state index in [1.165, 1.54) is 18.2 Å². The van der Waals surface area contributed by atoms with E-state index in [-0.39, 0.29) is 24.0 Å². The number of ether oxygens (including phenoxy) is 2. The van der Waals surface area contributed by atoms with Gasteiger partial charge >= 0.3 is 0 Å². The zero-order valence-electron chi connectivity index (χ0n) is 17.5. The lowest BCUT2D eigenvalue weighted by Gasteiger charge is -2.21. The fourth-order valence-corrected chi connectivity index (χ4v) is 4.40. The zero-order chi connectivity index (χ0) is 23.6. The Bertz CT molecular complexity index is 1310. The number of hydrogen-bond donors (Lipinski definition) is 1. The van der Waals surface area contributed by atoms with Crippen molar-refractivity contribution in [2.24, 2.45) is 0 Å². The molecule has 0 atom stereocenters. The SMILES string of the molecule is CCN(Cc1ccc2c(c1)OCO2)C(=O)c1cccc(NS(=O)(=O)c2ccc(F)c(F)c2)c1. The number of sulfonamides is 1. The van der Waals surface area contributed by atoms with E-state index in [4.69, 9.17) is 9.47 Å². The molecule has 0 aliphatic carbocycles. The van der Waals surface area contributed by atoms with Crippen LogP contribution in [0.5, 0.6) is 11.5 Å². The van der Waals surface area contributed by atoms with Crippen molar-refractivity contribution < 1.29 is 31.5 Å². The molecular weight excluding hydrogens is 454 g/mol. The lowest BCUT2D eigenvalue weighted by molar-refractivity contribution is 0.0752. The van der Waals surface area contributed by atoms with Gasteiger partial charge in [-0.05, 0) is 61.0 Å². The Hall–Kier alpha value is -3.66. The molecule has 0 fully saturated rings. The van der Waals surface area contributed by atoms with Crippen LogP contribution in [0.15, 0.2) is 65.6 Å². The topological polar surface area (TPSA) is 84.9 Å². The highest BCUT2D eigenvalue weighted by atomic mass is 32.2. The second-order valence-corrected chi connectivity index (χ2v) is 8.95. The Morgan fingerprint density at radius 1 is 1.00 bits per heavy atom. The average molecular weight is 474 g/mol. The number of nitrogens with zero attached hydrogens (tertiary/aromatic N) is 1. The largest absolute Gasteiger partial charge is 0.454 e. The van der Waals surface area contributed by atoms with E-state index < -0.39 is 26.6 Å². The molecule has 1 aliphatic rings. The predicted molar refractivity (Wildman–Crippen MR) is 117 cm³/mol. The molecule has 10 heteroatoms. The molecule has 4 rings (SSSR count). The van der Waals surface area contributed by atoms with Crippen molar-refractivity contribution >= 4 is 21.6 Å². The fourth-order valence-electron chi connectivity index (χ4n) is 3.34. The number of nitrogens with one attached hydrogen (secondary N) is 1. The van der Waals surface area contributed by atoms with Gasteiger partial charge in [-0.3, -0.25) is 9.52 Å². The number of hydrogen-bond acceptors (Lipinski definition) is 5. The Balaban J connectivity index is 1.52. The van der Waals surface area contributed by atoms with Crippen molar-refractivity contribution in [3.05, 3.63) is 83.4 Å². The third-order valence-corrected chi connectivity index (χ3v) is 6.42. The molecule has 33 heavy (non-hydrogen) atoms. The molecule has 0 bridgehead atoms. The van der Waals surface area contributed by atoms with Crippen LogP contribution in [0.25, 0.3) is 0 Å². The van der Waals surface area contributed by atoms with Crippen molar-refractivity contribution in [2.45, 2.75) is 18.4 Å². The van der Waals surface area contributed by atoms with Gasteiger partial charge in [0.2, 0.25) is 6.79 Å². The number of fused-ring (bicyclic) bond motifs is 1. The highest BCUT2D eigenvalue weighted by molar-refractivity contribution is 7.92. The lowest BCUT2D eigenvalue weighted by Crippen LogP contribution is -2.30. The summed E-state index contributed by atoms with van der Waals surface area (Å²) in [6, 6.07) is 13.7. The highest BCUT2D eigenvalue weighted by Crippen LogP contribution is 2.33. The molecule has 0 saturated carbocycles. The van der Waals surface area contributed by atoms with E-state index in [9.17, 15) is 22.0 Å². The maximum absolute atomic E-state index is 13.5. The van der Waals surface area contributed by atoms with Crippen molar-refractivity contribution in [3.8, 4) is 11.5 Å². The first-order valence-electron chi connectivity index (χ1n) is 10.0. The molecule has 0 aromatic heterocycles. The molecule has 1 aliphatic heterocycles. The Kier molecular flexibility index (Phi) is 6.19. The van der Waals surface area contributed by atoms with Crippen LogP contribution in [-0.4, -0.2) is 32.6 Å². The van der Waals surface area contributed by atoms with E-state index in [2.05, 4.69) is 4.72 Å². The minimum Gasteiger partial charge on any atom is -0.454 e. The molecular formula is C23H20F2N2O5S. The Labute approximate surface area is 189 Å². The van der Waals surface area contributed by atoms with Crippen molar-refractivity contribution in [2.75, 3.05) is 18.1 Å². The molecule has 7 nitrogen and oxygen atoms in total. The van der Waals surface area contributed by atoms with Crippen LogP contribution in [0, 0.1) is 11.6 Å². The number of carbonyl (C=O) groups excluding carboxylic acids is 1. The van der Waals surface area contributed by atoms with Crippen LogP contribution in [0.1, 0.15) is 22.8 Å². The molecule has 172 valence electrons. The lowest BCUT2D eigenvalue weighted by atomic mass is 10.1. The summed E-state index contributed by atoms with van der Waals surface area (Å²) in [6.45, 7) is 2.72. The second-order valence-electron chi connectivity index (χ2n) is 7.27. The molecule has 0 spiro atoms. The Morgan fingerprint density at radius 3 is 2.55 bits per heavy atom. The van der Waals surface area contributed by atoms with Gasteiger partial charge in [0, 0.05) is 24.3 Å². The minimum atomic E-state index is -4.18. The van der Waals surface area contributed by atoms with E-state index >= 15 is 0 Å². The average Bonchev–Trinajstić information content (AvgIpc) is 3.26. The van der Waals surface area contributed by atoms with Crippen LogP contribution in [-0.2, 0) is 16.6 Å². The van der Waals surface area contributed by atoms with E-state index in [1.54, 1.807) is 17.0 Å². The molecule has 1 amide bonds. The normalized spacial score (nSPS) is 12.5. The maximum atomic E-state index is 13.5. The molecule has 1 heterocycles. The van der Waals surface area contributed by atoms with Gasteiger partial charge < -0.3 is 14.4 Å². The number of halogens is 2. The van der Waals surface area contributed by atoms with Gasteiger partial charge in [-0.2, -0.15) is 0 Å². The summed E-state index contributed by atoms with van der Waals surface area (Å²) in [5, 5.41) is 0. The van der Waals surface area contributed by atoms with Crippen molar-refractivity contribution in [1.29, 1.82) is 0 Å². The second kappa shape index (κ2) is 9.07. The van der Waals surface area contributed by atoms with E-state index in [0.717, 1.165) is 17.7 Å². The molecule has 0 saturated heterocycles. The van der Waals surface area contributed by atoms with Gasteiger partial charge in [-0.1, -0.05) is 12.1 Å². The summed E-state index contributed by atoms with van der Waals surface area (Å²) in [7, 11) is -4.18.